The second-order valence-electron chi connectivity index (χ2n) is 3.90. The maximum absolute atomic E-state index is 5.83. The third-order valence-corrected chi connectivity index (χ3v) is 3.27. The molecule has 0 N–H and O–H groups in total. The van der Waals surface area contributed by atoms with Crippen molar-refractivity contribution in [1.29, 1.82) is 0 Å². The van der Waals surface area contributed by atoms with Crippen molar-refractivity contribution in [3.8, 4) is 0 Å². The zero-order valence-electron chi connectivity index (χ0n) is 9.20. The number of hydrogen-bond donors (Lipinski definition) is 0. The molecule has 1 aromatic rings. The Hall–Kier alpha value is -0.830. The number of fused-ring (bicyclic) bond motifs is 1. The summed E-state index contributed by atoms with van der Waals surface area (Å²) in [5.74, 6) is 1.05. The van der Waals surface area contributed by atoms with Crippen molar-refractivity contribution >= 4 is 17.4 Å². The highest BCUT2D eigenvalue weighted by Gasteiger charge is 2.25. The minimum absolute atomic E-state index is 0.353. The average Bonchev–Trinajstić information content (AvgIpc) is 2.64. The van der Waals surface area contributed by atoms with E-state index in [0.29, 0.717) is 11.3 Å². The first-order valence-corrected chi connectivity index (χ1v) is 5.92. The number of nitrogens with zero attached hydrogens (tertiary/aromatic N) is 3. The van der Waals surface area contributed by atoms with E-state index in [2.05, 4.69) is 28.7 Å². The van der Waals surface area contributed by atoms with E-state index in [1.54, 1.807) is 0 Å². The molecule has 4 heteroatoms. The molecule has 0 radical (unpaired) electrons. The largest absolute Gasteiger partial charge is 0.353 e. The summed E-state index contributed by atoms with van der Waals surface area (Å²) in [7, 11) is 0. The summed E-state index contributed by atoms with van der Waals surface area (Å²) < 4.78 is 0. The number of halogens is 1. The summed E-state index contributed by atoms with van der Waals surface area (Å²) in [6.45, 7) is 5.49. The summed E-state index contributed by atoms with van der Waals surface area (Å²) in [5.41, 5.74) is 1.23. The lowest BCUT2D eigenvalue weighted by molar-refractivity contribution is 0.567. The molecule has 2 rings (SSSR count). The van der Waals surface area contributed by atoms with E-state index in [1.165, 1.54) is 5.56 Å². The standard InChI is InChI=1S/C11H16ClN3/c1-3-9(4-2)15-6-5-8-7-13-11(12)14-10(8)15/h7,9H,3-6H2,1-2H3. The van der Waals surface area contributed by atoms with Crippen LogP contribution in [0.1, 0.15) is 32.3 Å². The van der Waals surface area contributed by atoms with Gasteiger partial charge in [0.15, 0.2) is 0 Å². The smallest absolute Gasteiger partial charge is 0.224 e. The first-order valence-electron chi connectivity index (χ1n) is 5.54. The van der Waals surface area contributed by atoms with Crippen LogP contribution in [-0.2, 0) is 6.42 Å². The zero-order chi connectivity index (χ0) is 10.8. The highest BCUT2D eigenvalue weighted by atomic mass is 35.5. The first-order chi connectivity index (χ1) is 7.26. The predicted octanol–water partition coefficient (Wildman–Crippen LogP) is 2.68. The second-order valence-corrected chi connectivity index (χ2v) is 4.24. The zero-order valence-corrected chi connectivity index (χ0v) is 9.96. The lowest BCUT2D eigenvalue weighted by Crippen LogP contribution is -2.33. The van der Waals surface area contributed by atoms with E-state index in [4.69, 9.17) is 11.6 Å². The van der Waals surface area contributed by atoms with Gasteiger partial charge in [0.1, 0.15) is 5.82 Å². The Bertz CT molecular complexity index is 350. The van der Waals surface area contributed by atoms with Crippen LogP contribution in [-0.4, -0.2) is 22.6 Å². The molecule has 0 spiro atoms. The summed E-state index contributed by atoms with van der Waals surface area (Å²) in [6, 6.07) is 0.581. The van der Waals surface area contributed by atoms with E-state index >= 15 is 0 Å². The van der Waals surface area contributed by atoms with E-state index in [-0.39, 0.29) is 0 Å². The van der Waals surface area contributed by atoms with Gasteiger partial charge in [0, 0.05) is 24.3 Å². The number of hydrogen-bond acceptors (Lipinski definition) is 3. The Morgan fingerprint density at radius 2 is 2.20 bits per heavy atom. The van der Waals surface area contributed by atoms with Crippen molar-refractivity contribution in [2.24, 2.45) is 0 Å². The molecule has 82 valence electrons. The molecule has 0 aliphatic carbocycles. The molecule has 0 saturated heterocycles. The molecule has 0 aromatic carbocycles. The Morgan fingerprint density at radius 3 is 2.87 bits per heavy atom. The molecule has 3 nitrogen and oxygen atoms in total. The summed E-state index contributed by atoms with van der Waals surface area (Å²) in [5, 5.41) is 0.353. The fraction of sp³-hybridized carbons (Fsp3) is 0.636. The van der Waals surface area contributed by atoms with Crippen LogP contribution in [0, 0.1) is 0 Å². The van der Waals surface area contributed by atoms with Crippen LogP contribution in [0.2, 0.25) is 5.28 Å². The van der Waals surface area contributed by atoms with Gasteiger partial charge in [-0.1, -0.05) is 13.8 Å². The van der Waals surface area contributed by atoms with Crippen LogP contribution in [0.5, 0.6) is 0 Å². The molecule has 1 aliphatic heterocycles. The van der Waals surface area contributed by atoms with Gasteiger partial charge in [-0.3, -0.25) is 0 Å². The van der Waals surface area contributed by atoms with Gasteiger partial charge in [0.25, 0.3) is 0 Å². The molecule has 15 heavy (non-hydrogen) atoms. The van der Waals surface area contributed by atoms with Gasteiger partial charge >= 0.3 is 0 Å². The molecule has 0 unspecified atom stereocenters. The van der Waals surface area contributed by atoms with Crippen molar-refractivity contribution in [1.82, 2.24) is 9.97 Å². The Labute approximate surface area is 95.5 Å². The average molecular weight is 226 g/mol. The van der Waals surface area contributed by atoms with Gasteiger partial charge in [-0.05, 0) is 30.9 Å². The summed E-state index contributed by atoms with van der Waals surface area (Å²) >= 11 is 5.83. The Kier molecular flexibility index (Phi) is 3.10. The van der Waals surface area contributed by atoms with Crippen LogP contribution < -0.4 is 4.90 Å². The SMILES string of the molecule is CCC(CC)N1CCc2cnc(Cl)nc21. The van der Waals surface area contributed by atoms with Crippen LogP contribution in [0.15, 0.2) is 6.20 Å². The fourth-order valence-corrected chi connectivity index (χ4v) is 2.36. The number of aromatic nitrogens is 2. The molecular weight excluding hydrogens is 210 g/mol. The highest BCUT2D eigenvalue weighted by Crippen LogP contribution is 2.29. The predicted molar refractivity (Wildman–Crippen MR) is 62.5 cm³/mol. The van der Waals surface area contributed by atoms with Crippen LogP contribution in [0.3, 0.4) is 0 Å². The van der Waals surface area contributed by atoms with E-state index in [1.807, 2.05) is 6.20 Å². The number of anilines is 1. The maximum Gasteiger partial charge on any atom is 0.224 e. The second kappa shape index (κ2) is 4.35. The number of rotatable bonds is 3. The molecule has 0 bridgehead atoms. The molecule has 0 atom stereocenters. The van der Waals surface area contributed by atoms with Gasteiger partial charge in [-0.25, -0.2) is 9.97 Å². The molecule has 0 fully saturated rings. The Morgan fingerprint density at radius 1 is 1.47 bits per heavy atom. The first kappa shape index (κ1) is 10.7. The Balaban J connectivity index is 2.30. The lowest BCUT2D eigenvalue weighted by atomic mass is 10.1. The molecule has 0 amide bonds. The van der Waals surface area contributed by atoms with Crippen molar-refractivity contribution in [2.75, 3.05) is 11.4 Å². The van der Waals surface area contributed by atoms with Gasteiger partial charge < -0.3 is 4.90 Å². The highest BCUT2D eigenvalue weighted by molar-refractivity contribution is 6.28. The van der Waals surface area contributed by atoms with Gasteiger partial charge in [-0.15, -0.1) is 0 Å². The molecule has 0 saturated carbocycles. The fourth-order valence-electron chi connectivity index (χ4n) is 2.23. The van der Waals surface area contributed by atoms with Crippen molar-refractivity contribution in [3.63, 3.8) is 0 Å². The van der Waals surface area contributed by atoms with Crippen molar-refractivity contribution in [2.45, 2.75) is 39.2 Å². The molecule has 2 heterocycles. The van der Waals surface area contributed by atoms with E-state index < -0.39 is 0 Å². The summed E-state index contributed by atoms with van der Waals surface area (Å²) in [4.78, 5) is 10.7. The molecule has 1 aliphatic rings. The van der Waals surface area contributed by atoms with Crippen LogP contribution in [0.25, 0.3) is 0 Å². The van der Waals surface area contributed by atoms with E-state index in [0.717, 1.165) is 31.6 Å². The minimum Gasteiger partial charge on any atom is -0.353 e. The monoisotopic (exact) mass is 225 g/mol. The van der Waals surface area contributed by atoms with Crippen LogP contribution in [0.4, 0.5) is 5.82 Å². The minimum atomic E-state index is 0.353. The maximum atomic E-state index is 5.83. The lowest BCUT2D eigenvalue weighted by Gasteiger charge is -2.27. The normalized spacial score (nSPS) is 14.8. The topological polar surface area (TPSA) is 29.0 Å². The molecular formula is C11H16ClN3. The summed E-state index contributed by atoms with van der Waals surface area (Å²) in [6.07, 6.45) is 5.20. The van der Waals surface area contributed by atoms with Crippen LogP contribution >= 0.6 is 11.6 Å². The van der Waals surface area contributed by atoms with Crippen molar-refractivity contribution in [3.05, 3.63) is 17.0 Å². The van der Waals surface area contributed by atoms with E-state index in [9.17, 15) is 0 Å². The van der Waals surface area contributed by atoms with Gasteiger partial charge in [0.2, 0.25) is 5.28 Å². The third kappa shape index (κ3) is 1.93. The molecule has 1 aromatic heterocycles. The quantitative estimate of drug-likeness (QED) is 0.741. The van der Waals surface area contributed by atoms with Crippen molar-refractivity contribution < 1.29 is 0 Å². The van der Waals surface area contributed by atoms with Gasteiger partial charge in [0.05, 0.1) is 0 Å². The van der Waals surface area contributed by atoms with Gasteiger partial charge in [-0.2, -0.15) is 0 Å². The third-order valence-electron chi connectivity index (χ3n) is 3.09.